The maximum atomic E-state index is 14.4. The summed E-state index contributed by atoms with van der Waals surface area (Å²) in [5, 5.41) is 22.9. The van der Waals surface area contributed by atoms with Crippen molar-refractivity contribution in [3.05, 3.63) is 99.1 Å². The second-order valence-corrected chi connectivity index (χ2v) is 6.36. The minimum Gasteiger partial charge on any atom is -0.502 e. The highest BCUT2D eigenvalue weighted by atomic mass is 19.4. The van der Waals surface area contributed by atoms with Crippen LogP contribution < -0.4 is 5.32 Å². The first-order chi connectivity index (χ1) is 14.6. The summed E-state index contributed by atoms with van der Waals surface area (Å²) in [6.45, 7) is 0. The van der Waals surface area contributed by atoms with Crippen LogP contribution in [0.2, 0.25) is 0 Å². The number of pyridine rings is 1. The van der Waals surface area contributed by atoms with Crippen LogP contribution in [0.15, 0.2) is 60.8 Å². The number of nitro benzene ring substituents is 1. The average molecular weight is 435 g/mol. The van der Waals surface area contributed by atoms with Gasteiger partial charge in [-0.05, 0) is 42.0 Å². The zero-order valence-electron chi connectivity index (χ0n) is 15.4. The summed E-state index contributed by atoms with van der Waals surface area (Å²) < 4.78 is 52.9. The number of phenols is 1. The molecular weight excluding hydrogens is 422 g/mol. The molecule has 0 spiro atoms. The van der Waals surface area contributed by atoms with E-state index in [2.05, 4.69) is 10.3 Å². The Hall–Kier alpha value is -4.02. The molecule has 2 N–H and O–H groups in total. The van der Waals surface area contributed by atoms with Crippen molar-refractivity contribution in [1.82, 2.24) is 10.3 Å². The molecule has 0 aliphatic heterocycles. The van der Waals surface area contributed by atoms with E-state index in [1.54, 1.807) is 0 Å². The van der Waals surface area contributed by atoms with Gasteiger partial charge >= 0.3 is 11.9 Å². The van der Waals surface area contributed by atoms with Gasteiger partial charge in [-0.15, -0.1) is 0 Å². The molecular formula is C20H13F4N3O4. The molecule has 1 aromatic heterocycles. The molecule has 0 bridgehead atoms. The topological polar surface area (TPSA) is 105 Å². The minimum absolute atomic E-state index is 0.104. The lowest BCUT2D eigenvalue weighted by Crippen LogP contribution is -2.30. The first-order valence-corrected chi connectivity index (χ1v) is 8.63. The monoisotopic (exact) mass is 435 g/mol. The molecule has 0 fully saturated rings. The third-order valence-electron chi connectivity index (χ3n) is 4.34. The summed E-state index contributed by atoms with van der Waals surface area (Å²) in [5.74, 6) is -2.36. The molecule has 160 valence electrons. The summed E-state index contributed by atoms with van der Waals surface area (Å²) in [4.78, 5) is 26.6. The summed E-state index contributed by atoms with van der Waals surface area (Å²) in [6.07, 6.45) is -3.34. The number of carbonyl (C=O) groups excluding carboxylic acids is 1. The van der Waals surface area contributed by atoms with Gasteiger partial charge in [0, 0.05) is 17.8 Å². The van der Waals surface area contributed by atoms with Crippen LogP contribution in [0.25, 0.3) is 0 Å². The maximum absolute atomic E-state index is 14.4. The summed E-state index contributed by atoms with van der Waals surface area (Å²) in [6, 6.07) is 7.65. The largest absolute Gasteiger partial charge is 0.502 e. The van der Waals surface area contributed by atoms with Crippen molar-refractivity contribution in [1.29, 1.82) is 0 Å². The van der Waals surface area contributed by atoms with Crippen molar-refractivity contribution in [3.8, 4) is 5.75 Å². The van der Waals surface area contributed by atoms with Gasteiger partial charge in [-0.3, -0.25) is 19.9 Å². The number of phenolic OH excluding ortho intramolecular Hbond substituents is 1. The van der Waals surface area contributed by atoms with Crippen molar-refractivity contribution in [2.24, 2.45) is 0 Å². The van der Waals surface area contributed by atoms with E-state index in [1.807, 2.05) is 0 Å². The molecule has 7 nitrogen and oxygen atoms in total. The van der Waals surface area contributed by atoms with E-state index < -0.39 is 45.9 Å². The van der Waals surface area contributed by atoms with Gasteiger partial charge in [0.2, 0.25) is 0 Å². The third kappa shape index (κ3) is 4.77. The molecule has 1 atom stereocenters. The van der Waals surface area contributed by atoms with Gasteiger partial charge in [-0.2, -0.15) is 13.2 Å². The Balaban J connectivity index is 2.00. The number of hydrogen-bond donors (Lipinski definition) is 2. The molecule has 31 heavy (non-hydrogen) atoms. The van der Waals surface area contributed by atoms with Crippen LogP contribution in [0, 0.1) is 15.9 Å². The molecule has 0 aliphatic carbocycles. The van der Waals surface area contributed by atoms with E-state index in [1.165, 1.54) is 12.3 Å². The number of nitro groups is 1. The Morgan fingerprint density at radius 1 is 1.13 bits per heavy atom. The zero-order valence-corrected chi connectivity index (χ0v) is 15.4. The Kier molecular flexibility index (Phi) is 5.86. The number of aromatic nitrogens is 1. The number of alkyl halides is 3. The molecule has 0 radical (unpaired) electrons. The molecule has 3 rings (SSSR count). The Bertz CT molecular complexity index is 1130. The minimum atomic E-state index is -4.58. The molecule has 0 aliphatic rings. The van der Waals surface area contributed by atoms with Crippen molar-refractivity contribution in [2.75, 3.05) is 0 Å². The molecule has 1 heterocycles. The predicted molar refractivity (Wildman–Crippen MR) is 99.7 cm³/mol. The molecule has 1 amide bonds. The number of hydrogen-bond acceptors (Lipinski definition) is 5. The van der Waals surface area contributed by atoms with E-state index in [4.69, 9.17) is 0 Å². The van der Waals surface area contributed by atoms with Crippen LogP contribution in [0.5, 0.6) is 5.75 Å². The van der Waals surface area contributed by atoms with Crippen LogP contribution in [-0.4, -0.2) is 20.9 Å². The fourth-order valence-electron chi connectivity index (χ4n) is 2.81. The van der Waals surface area contributed by atoms with Crippen molar-refractivity contribution in [2.45, 2.75) is 12.2 Å². The average Bonchev–Trinajstić information content (AvgIpc) is 2.72. The molecule has 2 aromatic carbocycles. The summed E-state index contributed by atoms with van der Waals surface area (Å²) >= 11 is 0. The van der Waals surface area contributed by atoms with Gasteiger partial charge in [0.25, 0.3) is 5.91 Å². The standard InChI is InChI=1S/C20H13F4N3O4/c21-14-2-1-9-25-18(14)17(11-3-6-13(7-4-11)20(22,23)24)26-19(29)12-5-8-16(28)15(10-12)27(30)31/h1-10,17,28H,(H,26,29). The van der Waals surface area contributed by atoms with E-state index in [-0.39, 0.29) is 16.8 Å². The Labute approximate surface area is 172 Å². The van der Waals surface area contributed by atoms with Crippen LogP contribution in [0.4, 0.5) is 23.2 Å². The first-order valence-electron chi connectivity index (χ1n) is 8.63. The van der Waals surface area contributed by atoms with E-state index in [0.717, 1.165) is 48.5 Å². The zero-order chi connectivity index (χ0) is 22.8. The van der Waals surface area contributed by atoms with Crippen LogP contribution >= 0.6 is 0 Å². The number of benzene rings is 2. The van der Waals surface area contributed by atoms with Gasteiger partial charge in [-0.25, -0.2) is 4.39 Å². The van der Waals surface area contributed by atoms with Gasteiger partial charge in [0.1, 0.15) is 11.5 Å². The van der Waals surface area contributed by atoms with Gasteiger partial charge < -0.3 is 10.4 Å². The fraction of sp³-hybridized carbons (Fsp3) is 0.100. The van der Waals surface area contributed by atoms with E-state index >= 15 is 0 Å². The van der Waals surface area contributed by atoms with Gasteiger partial charge in [-0.1, -0.05) is 12.1 Å². The smallest absolute Gasteiger partial charge is 0.416 e. The lowest BCUT2D eigenvalue weighted by Gasteiger charge is -2.20. The number of rotatable bonds is 5. The quantitative estimate of drug-likeness (QED) is 0.352. The second-order valence-electron chi connectivity index (χ2n) is 6.36. The Morgan fingerprint density at radius 3 is 2.39 bits per heavy atom. The van der Waals surface area contributed by atoms with Gasteiger partial charge in [0.15, 0.2) is 5.75 Å². The fourth-order valence-corrected chi connectivity index (χ4v) is 2.81. The molecule has 0 saturated carbocycles. The predicted octanol–water partition coefficient (Wildman–Crippen LogP) is 4.37. The molecule has 1 unspecified atom stereocenters. The van der Waals surface area contributed by atoms with Crippen molar-refractivity contribution in [3.63, 3.8) is 0 Å². The van der Waals surface area contributed by atoms with E-state index in [0.29, 0.717) is 0 Å². The first kappa shape index (κ1) is 21.7. The summed E-state index contributed by atoms with van der Waals surface area (Å²) in [5.41, 5.74) is -2.03. The summed E-state index contributed by atoms with van der Waals surface area (Å²) in [7, 11) is 0. The molecule has 11 heteroatoms. The SMILES string of the molecule is O=C(NC(c1ccc(C(F)(F)F)cc1)c1ncccc1F)c1ccc(O)c([N+](=O)[O-])c1. The van der Waals surface area contributed by atoms with E-state index in [9.17, 15) is 37.6 Å². The number of carbonyl (C=O) groups is 1. The molecule has 0 saturated heterocycles. The van der Waals surface area contributed by atoms with Crippen LogP contribution in [0.3, 0.4) is 0 Å². The lowest BCUT2D eigenvalue weighted by molar-refractivity contribution is -0.385. The highest BCUT2D eigenvalue weighted by molar-refractivity contribution is 5.95. The van der Waals surface area contributed by atoms with Crippen molar-refractivity contribution < 1.29 is 32.4 Å². The highest BCUT2D eigenvalue weighted by Crippen LogP contribution is 2.32. The number of nitrogens with one attached hydrogen (secondary N) is 1. The molecule has 3 aromatic rings. The highest BCUT2D eigenvalue weighted by Gasteiger charge is 2.31. The normalized spacial score (nSPS) is 12.3. The number of halogens is 4. The number of aromatic hydroxyl groups is 1. The Morgan fingerprint density at radius 2 is 1.81 bits per heavy atom. The number of nitrogens with zero attached hydrogens (tertiary/aromatic N) is 2. The number of amides is 1. The maximum Gasteiger partial charge on any atom is 0.416 e. The third-order valence-corrected chi connectivity index (χ3v) is 4.34. The van der Waals surface area contributed by atoms with Crippen LogP contribution in [-0.2, 0) is 6.18 Å². The second kappa shape index (κ2) is 8.38. The van der Waals surface area contributed by atoms with Gasteiger partial charge in [0.05, 0.1) is 16.5 Å². The van der Waals surface area contributed by atoms with Crippen molar-refractivity contribution >= 4 is 11.6 Å². The lowest BCUT2D eigenvalue weighted by atomic mass is 10.00. The van der Waals surface area contributed by atoms with Crippen LogP contribution in [0.1, 0.15) is 33.2 Å².